The van der Waals surface area contributed by atoms with Crippen LogP contribution >= 0.6 is 23.5 Å². The fraction of sp³-hybridized carbons (Fsp3) is 0.800. The number of nitrogens with one attached hydrogen (secondary N) is 1. The van der Waals surface area contributed by atoms with Crippen molar-refractivity contribution in [1.82, 2.24) is 5.32 Å². The fourth-order valence-corrected chi connectivity index (χ4v) is 2.01. The summed E-state index contributed by atoms with van der Waals surface area (Å²) in [7, 11) is 0. The number of carboxylic acid groups (broad SMARTS) is 1. The molecular weight excluding hydrogens is 246 g/mol. The van der Waals surface area contributed by atoms with Gasteiger partial charge < -0.3 is 10.4 Å². The Labute approximate surface area is 105 Å². The average molecular weight is 265 g/mol. The van der Waals surface area contributed by atoms with Gasteiger partial charge in [-0.05, 0) is 23.7 Å². The van der Waals surface area contributed by atoms with Crippen molar-refractivity contribution in [3.8, 4) is 0 Å². The van der Waals surface area contributed by atoms with Crippen LogP contribution in [0.4, 0.5) is 0 Å². The second-order valence-electron chi connectivity index (χ2n) is 3.60. The molecule has 6 heteroatoms. The molecule has 4 nitrogen and oxygen atoms in total. The van der Waals surface area contributed by atoms with Crippen LogP contribution in [-0.4, -0.2) is 46.0 Å². The van der Waals surface area contributed by atoms with E-state index in [9.17, 15) is 9.59 Å². The topological polar surface area (TPSA) is 66.4 Å². The zero-order chi connectivity index (χ0) is 12.6. The Morgan fingerprint density at radius 1 is 1.38 bits per heavy atom. The second kappa shape index (κ2) is 8.75. The molecule has 0 rings (SSSR count). The first kappa shape index (κ1) is 15.6. The lowest BCUT2D eigenvalue weighted by Crippen LogP contribution is -2.42. The SMILES string of the molecule is CSCC[C@H](NC(=O)CSC(C)C)C(=O)O. The van der Waals surface area contributed by atoms with E-state index in [0.29, 0.717) is 17.4 Å². The van der Waals surface area contributed by atoms with Crippen molar-refractivity contribution in [1.29, 1.82) is 0 Å². The van der Waals surface area contributed by atoms with E-state index in [1.165, 1.54) is 11.8 Å². The van der Waals surface area contributed by atoms with E-state index < -0.39 is 12.0 Å². The maximum atomic E-state index is 11.4. The summed E-state index contributed by atoms with van der Waals surface area (Å²) in [5.41, 5.74) is 0. The standard InChI is InChI=1S/C10H19NO3S2/c1-7(2)16-6-9(12)11-8(10(13)14)4-5-15-3/h7-8H,4-6H2,1-3H3,(H,11,12)(H,13,14)/t8-/m0/s1. The highest BCUT2D eigenvalue weighted by atomic mass is 32.2. The van der Waals surface area contributed by atoms with Crippen molar-refractivity contribution in [3.05, 3.63) is 0 Å². The van der Waals surface area contributed by atoms with Gasteiger partial charge in [-0.25, -0.2) is 4.79 Å². The van der Waals surface area contributed by atoms with E-state index in [4.69, 9.17) is 5.11 Å². The normalized spacial score (nSPS) is 12.5. The molecule has 2 N–H and O–H groups in total. The summed E-state index contributed by atoms with van der Waals surface area (Å²) in [4.78, 5) is 22.3. The first-order valence-electron chi connectivity index (χ1n) is 5.10. The lowest BCUT2D eigenvalue weighted by molar-refractivity contribution is -0.141. The second-order valence-corrected chi connectivity index (χ2v) is 6.15. The Bertz CT molecular complexity index is 234. The summed E-state index contributed by atoms with van der Waals surface area (Å²) in [6.45, 7) is 4.00. The van der Waals surface area contributed by atoms with Crippen molar-refractivity contribution >= 4 is 35.4 Å². The van der Waals surface area contributed by atoms with Gasteiger partial charge in [-0.15, -0.1) is 11.8 Å². The summed E-state index contributed by atoms with van der Waals surface area (Å²) in [5, 5.41) is 11.8. The van der Waals surface area contributed by atoms with Gasteiger partial charge in [-0.3, -0.25) is 4.79 Å². The third kappa shape index (κ3) is 7.87. The highest BCUT2D eigenvalue weighted by Gasteiger charge is 2.19. The quantitative estimate of drug-likeness (QED) is 0.695. The van der Waals surface area contributed by atoms with Crippen molar-refractivity contribution in [2.45, 2.75) is 31.6 Å². The van der Waals surface area contributed by atoms with E-state index in [0.717, 1.165) is 5.75 Å². The summed E-state index contributed by atoms with van der Waals surface area (Å²) < 4.78 is 0. The van der Waals surface area contributed by atoms with Gasteiger partial charge in [-0.1, -0.05) is 13.8 Å². The van der Waals surface area contributed by atoms with E-state index in [-0.39, 0.29) is 5.91 Å². The number of hydrogen-bond donors (Lipinski definition) is 2. The summed E-state index contributed by atoms with van der Waals surface area (Å²) in [5.74, 6) is -0.112. The molecule has 1 atom stereocenters. The Morgan fingerprint density at radius 3 is 2.44 bits per heavy atom. The smallest absolute Gasteiger partial charge is 0.326 e. The van der Waals surface area contributed by atoms with Crippen LogP contribution in [0.3, 0.4) is 0 Å². The van der Waals surface area contributed by atoms with Crippen LogP contribution in [0.15, 0.2) is 0 Å². The molecule has 0 unspecified atom stereocenters. The molecule has 16 heavy (non-hydrogen) atoms. The number of rotatable bonds is 8. The number of carbonyl (C=O) groups excluding carboxylic acids is 1. The molecule has 0 aromatic heterocycles. The maximum absolute atomic E-state index is 11.4. The molecule has 0 aromatic carbocycles. The Balaban J connectivity index is 3.98. The molecule has 0 heterocycles. The van der Waals surface area contributed by atoms with Gasteiger partial charge in [-0.2, -0.15) is 11.8 Å². The predicted octanol–water partition coefficient (Wildman–Crippen LogP) is 1.45. The van der Waals surface area contributed by atoms with Gasteiger partial charge in [0.25, 0.3) is 0 Å². The molecule has 0 radical (unpaired) electrons. The summed E-state index contributed by atoms with van der Waals surface area (Å²) in [6, 6.07) is -0.757. The van der Waals surface area contributed by atoms with Crippen LogP contribution in [0.2, 0.25) is 0 Å². The van der Waals surface area contributed by atoms with Gasteiger partial charge in [0, 0.05) is 0 Å². The highest BCUT2D eigenvalue weighted by Crippen LogP contribution is 2.08. The van der Waals surface area contributed by atoms with Crippen LogP contribution < -0.4 is 5.32 Å². The molecule has 1 amide bonds. The molecular formula is C10H19NO3S2. The molecule has 0 aliphatic rings. The molecule has 0 aliphatic heterocycles. The van der Waals surface area contributed by atoms with Crippen LogP contribution in [0, 0.1) is 0 Å². The van der Waals surface area contributed by atoms with Gasteiger partial charge in [0.05, 0.1) is 5.75 Å². The number of thioether (sulfide) groups is 2. The Morgan fingerprint density at radius 2 is 2.00 bits per heavy atom. The molecule has 94 valence electrons. The number of amides is 1. The predicted molar refractivity (Wildman–Crippen MR) is 70.2 cm³/mol. The van der Waals surface area contributed by atoms with Crippen molar-refractivity contribution in [2.75, 3.05) is 17.8 Å². The number of hydrogen-bond acceptors (Lipinski definition) is 4. The van der Waals surface area contributed by atoms with E-state index >= 15 is 0 Å². The van der Waals surface area contributed by atoms with Crippen molar-refractivity contribution in [2.24, 2.45) is 0 Å². The molecule has 0 bridgehead atoms. The van der Waals surface area contributed by atoms with Gasteiger partial charge in [0.2, 0.25) is 5.91 Å². The van der Waals surface area contributed by atoms with Crippen LogP contribution in [0.1, 0.15) is 20.3 Å². The average Bonchev–Trinajstić information content (AvgIpc) is 2.20. The minimum absolute atomic E-state index is 0.202. The van der Waals surface area contributed by atoms with Crippen molar-refractivity contribution in [3.63, 3.8) is 0 Å². The highest BCUT2D eigenvalue weighted by molar-refractivity contribution is 8.00. The number of carbonyl (C=O) groups is 2. The zero-order valence-corrected chi connectivity index (χ0v) is 11.5. The maximum Gasteiger partial charge on any atom is 0.326 e. The van der Waals surface area contributed by atoms with Crippen LogP contribution in [-0.2, 0) is 9.59 Å². The monoisotopic (exact) mass is 265 g/mol. The first-order chi connectivity index (χ1) is 7.47. The Kier molecular flexibility index (Phi) is 8.56. The largest absolute Gasteiger partial charge is 0.480 e. The molecule has 0 spiro atoms. The lowest BCUT2D eigenvalue weighted by Gasteiger charge is -2.14. The van der Waals surface area contributed by atoms with E-state index in [1.807, 2.05) is 20.1 Å². The van der Waals surface area contributed by atoms with Gasteiger partial charge in [0.1, 0.15) is 6.04 Å². The molecule has 0 saturated heterocycles. The Hall–Kier alpha value is -0.360. The minimum Gasteiger partial charge on any atom is -0.480 e. The zero-order valence-electron chi connectivity index (χ0n) is 9.86. The lowest BCUT2D eigenvalue weighted by atomic mass is 10.2. The first-order valence-corrected chi connectivity index (χ1v) is 7.54. The van der Waals surface area contributed by atoms with E-state index in [1.54, 1.807) is 11.8 Å². The molecule has 0 aromatic rings. The fourth-order valence-electron chi connectivity index (χ4n) is 0.971. The number of aliphatic carboxylic acids is 1. The van der Waals surface area contributed by atoms with Gasteiger partial charge >= 0.3 is 5.97 Å². The summed E-state index contributed by atoms with van der Waals surface area (Å²) >= 11 is 3.08. The molecule has 0 saturated carbocycles. The minimum atomic E-state index is -0.961. The molecule has 0 aliphatic carbocycles. The van der Waals surface area contributed by atoms with E-state index in [2.05, 4.69) is 5.32 Å². The third-order valence-corrected chi connectivity index (χ3v) is 3.53. The van der Waals surface area contributed by atoms with Crippen LogP contribution in [0.5, 0.6) is 0 Å². The van der Waals surface area contributed by atoms with Crippen molar-refractivity contribution < 1.29 is 14.7 Å². The van der Waals surface area contributed by atoms with Gasteiger partial charge in [0.15, 0.2) is 0 Å². The number of carboxylic acids is 1. The molecule has 0 fully saturated rings. The van der Waals surface area contributed by atoms with Crippen LogP contribution in [0.25, 0.3) is 0 Å². The summed E-state index contributed by atoms with van der Waals surface area (Å²) in [6.07, 6.45) is 2.38. The third-order valence-electron chi connectivity index (χ3n) is 1.79.